The molecule has 0 spiro atoms. The number of aryl methyl sites for hydroxylation is 1. The average molecular weight is 347 g/mol. The zero-order valence-electron chi connectivity index (χ0n) is 10.5. The van der Waals surface area contributed by atoms with E-state index in [0.29, 0.717) is 0 Å². The average Bonchev–Trinajstić information content (AvgIpc) is 2.81. The molecule has 2 aromatic rings. The largest absolute Gasteiger partial charge is 0.312 e. The Balaban J connectivity index is 2.31. The molecule has 102 valence electrons. The first kappa shape index (κ1) is 14.6. The minimum absolute atomic E-state index is 0.0831. The van der Waals surface area contributed by atoms with Crippen molar-refractivity contribution in [2.75, 3.05) is 7.05 Å². The standard InChI is InChI=1S/C13H13BrF2N2S/c1-7-18-6-12(19-7)11(17-2)5-8-10(15)4-3-9(14)13(8)16/h3-4,6,11,17H,5H2,1-2H3. The minimum Gasteiger partial charge on any atom is -0.312 e. The van der Waals surface area contributed by atoms with Gasteiger partial charge in [0.1, 0.15) is 11.6 Å². The van der Waals surface area contributed by atoms with Gasteiger partial charge < -0.3 is 5.32 Å². The maximum absolute atomic E-state index is 14.0. The summed E-state index contributed by atoms with van der Waals surface area (Å²) < 4.78 is 28.0. The summed E-state index contributed by atoms with van der Waals surface area (Å²) in [6.45, 7) is 1.90. The smallest absolute Gasteiger partial charge is 0.143 e. The van der Waals surface area contributed by atoms with Crippen molar-refractivity contribution in [1.82, 2.24) is 10.3 Å². The Kier molecular flexibility index (Phi) is 4.65. The Hall–Kier alpha value is -0.850. The SMILES string of the molecule is CNC(Cc1c(F)ccc(Br)c1F)c1cnc(C)s1. The van der Waals surface area contributed by atoms with Crippen molar-refractivity contribution in [2.24, 2.45) is 0 Å². The molecule has 2 rings (SSSR count). The van der Waals surface area contributed by atoms with Crippen molar-refractivity contribution >= 4 is 27.3 Å². The van der Waals surface area contributed by atoms with Crippen molar-refractivity contribution in [3.8, 4) is 0 Å². The van der Waals surface area contributed by atoms with Crippen molar-refractivity contribution in [3.05, 3.63) is 49.9 Å². The molecule has 2 nitrogen and oxygen atoms in total. The zero-order chi connectivity index (χ0) is 14.0. The Bertz CT molecular complexity index is 586. The van der Waals surface area contributed by atoms with E-state index in [9.17, 15) is 8.78 Å². The third-order valence-corrected chi connectivity index (χ3v) is 4.52. The van der Waals surface area contributed by atoms with Gasteiger partial charge in [-0.15, -0.1) is 11.3 Å². The fraction of sp³-hybridized carbons (Fsp3) is 0.308. The number of benzene rings is 1. The van der Waals surface area contributed by atoms with Crippen LogP contribution in [0.5, 0.6) is 0 Å². The summed E-state index contributed by atoms with van der Waals surface area (Å²) in [5.74, 6) is -1.07. The van der Waals surface area contributed by atoms with Gasteiger partial charge in [-0.1, -0.05) is 0 Å². The topological polar surface area (TPSA) is 24.9 Å². The Labute approximate surface area is 123 Å². The second kappa shape index (κ2) is 6.07. The molecule has 1 unspecified atom stereocenters. The molecule has 0 aliphatic rings. The van der Waals surface area contributed by atoms with Gasteiger partial charge in [0.25, 0.3) is 0 Å². The van der Waals surface area contributed by atoms with Gasteiger partial charge in [-0.3, -0.25) is 0 Å². The van der Waals surface area contributed by atoms with E-state index in [0.717, 1.165) is 9.88 Å². The highest BCUT2D eigenvalue weighted by Crippen LogP contribution is 2.28. The third kappa shape index (κ3) is 3.19. The molecule has 1 aromatic heterocycles. The first-order valence-corrected chi connectivity index (χ1v) is 7.36. The summed E-state index contributed by atoms with van der Waals surface area (Å²) in [6, 6.07) is 2.50. The van der Waals surface area contributed by atoms with Crippen LogP contribution in [0.3, 0.4) is 0 Å². The van der Waals surface area contributed by atoms with Crippen LogP contribution in [0.15, 0.2) is 22.8 Å². The second-order valence-electron chi connectivity index (χ2n) is 4.15. The number of nitrogens with one attached hydrogen (secondary N) is 1. The number of halogens is 3. The predicted molar refractivity (Wildman–Crippen MR) is 76.4 cm³/mol. The van der Waals surface area contributed by atoms with Crippen LogP contribution in [0.1, 0.15) is 21.5 Å². The molecule has 0 aliphatic heterocycles. The molecule has 0 radical (unpaired) electrons. The fourth-order valence-electron chi connectivity index (χ4n) is 1.84. The van der Waals surface area contributed by atoms with Gasteiger partial charge in [-0.2, -0.15) is 0 Å². The monoisotopic (exact) mass is 346 g/mol. The van der Waals surface area contributed by atoms with Crippen LogP contribution in [-0.4, -0.2) is 12.0 Å². The number of hydrogen-bond donors (Lipinski definition) is 1. The lowest BCUT2D eigenvalue weighted by Crippen LogP contribution is -2.19. The molecule has 1 aromatic carbocycles. The van der Waals surface area contributed by atoms with Crippen molar-refractivity contribution in [2.45, 2.75) is 19.4 Å². The number of likely N-dealkylation sites (N-methyl/N-ethyl adjacent to an activating group) is 1. The van der Waals surface area contributed by atoms with E-state index in [2.05, 4.69) is 26.2 Å². The lowest BCUT2D eigenvalue weighted by atomic mass is 10.0. The molecule has 0 amide bonds. The molecule has 6 heteroatoms. The Morgan fingerprint density at radius 3 is 2.74 bits per heavy atom. The maximum atomic E-state index is 14.0. The fourth-order valence-corrected chi connectivity index (χ4v) is 3.11. The minimum atomic E-state index is -0.540. The second-order valence-corrected chi connectivity index (χ2v) is 6.27. The van der Waals surface area contributed by atoms with Crippen LogP contribution in [0.4, 0.5) is 8.78 Å². The van der Waals surface area contributed by atoms with E-state index >= 15 is 0 Å². The van der Waals surface area contributed by atoms with E-state index in [-0.39, 0.29) is 22.5 Å². The maximum Gasteiger partial charge on any atom is 0.143 e. The normalized spacial score (nSPS) is 12.7. The molecule has 0 fully saturated rings. The lowest BCUT2D eigenvalue weighted by Gasteiger charge is -2.15. The molecule has 1 atom stereocenters. The van der Waals surface area contributed by atoms with E-state index in [1.807, 2.05) is 6.92 Å². The van der Waals surface area contributed by atoms with E-state index in [1.165, 1.54) is 23.5 Å². The van der Waals surface area contributed by atoms with E-state index in [4.69, 9.17) is 0 Å². The predicted octanol–water partition coefficient (Wildman–Crippen LogP) is 4.00. The van der Waals surface area contributed by atoms with Crippen LogP contribution in [0.2, 0.25) is 0 Å². The summed E-state index contributed by atoms with van der Waals surface area (Å²) in [5.41, 5.74) is 0.0831. The molecule has 1 N–H and O–H groups in total. The highest BCUT2D eigenvalue weighted by atomic mass is 79.9. The summed E-state index contributed by atoms with van der Waals surface area (Å²) in [4.78, 5) is 5.14. The summed E-state index contributed by atoms with van der Waals surface area (Å²) in [6.07, 6.45) is 1.99. The van der Waals surface area contributed by atoms with Gasteiger partial charge in [-0.25, -0.2) is 13.8 Å². The molecular formula is C13H13BrF2N2S. The first-order valence-electron chi connectivity index (χ1n) is 5.75. The molecular weight excluding hydrogens is 334 g/mol. The highest BCUT2D eigenvalue weighted by Gasteiger charge is 2.19. The zero-order valence-corrected chi connectivity index (χ0v) is 12.9. The molecule has 19 heavy (non-hydrogen) atoms. The number of aromatic nitrogens is 1. The lowest BCUT2D eigenvalue weighted by molar-refractivity contribution is 0.515. The van der Waals surface area contributed by atoms with Crippen LogP contribution in [0, 0.1) is 18.6 Å². The summed E-state index contributed by atoms with van der Waals surface area (Å²) >= 11 is 4.61. The van der Waals surface area contributed by atoms with Gasteiger partial charge >= 0.3 is 0 Å². The molecule has 0 saturated carbocycles. The number of thiazole rings is 1. The molecule has 0 saturated heterocycles. The molecule has 0 aliphatic carbocycles. The number of hydrogen-bond acceptors (Lipinski definition) is 3. The van der Waals surface area contributed by atoms with Gasteiger partial charge in [0, 0.05) is 22.7 Å². The Morgan fingerprint density at radius 2 is 2.16 bits per heavy atom. The van der Waals surface area contributed by atoms with Crippen LogP contribution in [0.25, 0.3) is 0 Å². The van der Waals surface area contributed by atoms with E-state index in [1.54, 1.807) is 13.2 Å². The van der Waals surface area contributed by atoms with Gasteiger partial charge in [0.2, 0.25) is 0 Å². The molecule has 0 bridgehead atoms. The van der Waals surface area contributed by atoms with Crippen LogP contribution < -0.4 is 5.32 Å². The Morgan fingerprint density at radius 1 is 1.42 bits per heavy atom. The van der Waals surface area contributed by atoms with Crippen molar-refractivity contribution in [1.29, 1.82) is 0 Å². The van der Waals surface area contributed by atoms with Gasteiger partial charge in [0.15, 0.2) is 0 Å². The first-order chi connectivity index (χ1) is 9.02. The van der Waals surface area contributed by atoms with Crippen molar-refractivity contribution in [3.63, 3.8) is 0 Å². The highest BCUT2D eigenvalue weighted by molar-refractivity contribution is 9.10. The number of nitrogens with zero attached hydrogens (tertiary/aromatic N) is 1. The van der Waals surface area contributed by atoms with E-state index < -0.39 is 11.6 Å². The third-order valence-electron chi connectivity index (χ3n) is 2.88. The summed E-state index contributed by atoms with van der Waals surface area (Å²) in [7, 11) is 1.77. The van der Waals surface area contributed by atoms with Gasteiger partial charge in [0.05, 0.1) is 9.48 Å². The quantitative estimate of drug-likeness (QED) is 0.846. The molecule has 1 heterocycles. The van der Waals surface area contributed by atoms with Gasteiger partial charge in [-0.05, 0) is 48.5 Å². The van der Waals surface area contributed by atoms with Crippen molar-refractivity contribution < 1.29 is 8.78 Å². The van der Waals surface area contributed by atoms with Crippen LogP contribution >= 0.6 is 27.3 Å². The summed E-state index contributed by atoms with van der Waals surface area (Å²) in [5, 5.41) is 4.01. The number of rotatable bonds is 4. The van der Waals surface area contributed by atoms with Crippen LogP contribution in [-0.2, 0) is 6.42 Å².